The number of carbonyl (C=O) groups is 2. The van der Waals surface area contributed by atoms with E-state index in [1.54, 1.807) is 29.2 Å². The minimum atomic E-state index is -1.97. The first kappa shape index (κ1) is 27.2. The van der Waals surface area contributed by atoms with Crippen molar-refractivity contribution in [1.82, 2.24) is 4.90 Å². The van der Waals surface area contributed by atoms with Crippen molar-refractivity contribution in [2.45, 2.75) is 90.3 Å². The van der Waals surface area contributed by atoms with Gasteiger partial charge in [0.25, 0.3) is 0 Å². The molecule has 8 heteroatoms. The van der Waals surface area contributed by atoms with E-state index in [1.807, 2.05) is 20.8 Å². The zero-order valence-electron chi connectivity index (χ0n) is 21.7. The highest BCUT2D eigenvalue weighted by atomic mass is 28.4. The van der Waals surface area contributed by atoms with E-state index in [9.17, 15) is 9.59 Å². The smallest absolute Gasteiger partial charge is 0.410 e. The number of esters is 1. The molecule has 33 heavy (non-hydrogen) atoms. The van der Waals surface area contributed by atoms with Crippen LogP contribution in [-0.2, 0) is 13.9 Å². The van der Waals surface area contributed by atoms with Crippen molar-refractivity contribution in [3.8, 4) is 5.75 Å². The van der Waals surface area contributed by atoms with Crippen molar-refractivity contribution < 1.29 is 28.2 Å². The predicted octanol–water partition coefficient (Wildman–Crippen LogP) is 5.64. The van der Waals surface area contributed by atoms with Crippen LogP contribution in [0.5, 0.6) is 5.75 Å². The molecule has 186 valence electrons. The highest BCUT2D eigenvalue weighted by Crippen LogP contribution is 2.39. The Kier molecular flexibility index (Phi) is 8.62. The predicted molar refractivity (Wildman–Crippen MR) is 131 cm³/mol. The maximum Gasteiger partial charge on any atom is 0.410 e. The standard InChI is InChI=1S/C25H41NO6Si/c1-24(2,3)31-23(28)26-17-21(32-33(8,9)25(4,5)6)16-19(26)13-14-30-20-12-10-11-18(15-20)22(27)29-7/h10-12,15,19,21H,13-14,16-17H2,1-9H3/t19-,21+/m0/s1. The summed E-state index contributed by atoms with van der Waals surface area (Å²) >= 11 is 0. The molecule has 0 aromatic heterocycles. The summed E-state index contributed by atoms with van der Waals surface area (Å²) < 4.78 is 23.0. The average molecular weight is 480 g/mol. The van der Waals surface area contributed by atoms with Crippen LogP contribution in [0.3, 0.4) is 0 Å². The van der Waals surface area contributed by atoms with Crippen molar-refractivity contribution >= 4 is 20.4 Å². The van der Waals surface area contributed by atoms with E-state index in [4.69, 9.17) is 18.6 Å². The fraction of sp³-hybridized carbons (Fsp3) is 0.680. The maximum absolute atomic E-state index is 12.9. The molecule has 0 bridgehead atoms. The SMILES string of the molecule is COC(=O)c1cccc(OCC[C@H]2C[C@@H](O[Si](C)(C)C(C)(C)C)CN2C(=O)OC(C)(C)C)c1. The first-order valence-corrected chi connectivity index (χ1v) is 14.5. The summed E-state index contributed by atoms with van der Waals surface area (Å²) in [5, 5.41) is 0.0929. The molecule has 2 atom stereocenters. The van der Waals surface area contributed by atoms with E-state index in [0.717, 1.165) is 6.42 Å². The van der Waals surface area contributed by atoms with E-state index in [2.05, 4.69) is 33.9 Å². The topological polar surface area (TPSA) is 74.3 Å². The fourth-order valence-corrected chi connectivity index (χ4v) is 4.87. The van der Waals surface area contributed by atoms with Crippen LogP contribution < -0.4 is 4.74 Å². The number of hydrogen-bond acceptors (Lipinski definition) is 6. The second kappa shape index (κ2) is 10.5. The monoisotopic (exact) mass is 479 g/mol. The number of likely N-dealkylation sites (tertiary alicyclic amines) is 1. The van der Waals surface area contributed by atoms with E-state index >= 15 is 0 Å². The molecule has 1 fully saturated rings. The van der Waals surface area contributed by atoms with Crippen LogP contribution in [0.1, 0.15) is 64.7 Å². The Morgan fingerprint density at radius 3 is 2.36 bits per heavy atom. The third kappa shape index (κ3) is 7.74. The summed E-state index contributed by atoms with van der Waals surface area (Å²) in [6.45, 7) is 17.6. The molecule has 7 nitrogen and oxygen atoms in total. The Hall–Kier alpha value is -2.06. The maximum atomic E-state index is 12.9. The summed E-state index contributed by atoms with van der Waals surface area (Å²) in [5.74, 6) is 0.187. The van der Waals surface area contributed by atoms with Crippen LogP contribution in [0.4, 0.5) is 4.79 Å². The minimum Gasteiger partial charge on any atom is -0.493 e. The molecule has 2 rings (SSSR count). The van der Waals surface area contributed by atoms with Crippen LogP contribution in [0, 0.1) is 0 Å². The first-order chi connectivity index (χ1) is 15.1. The molecule has 0 radical (unpaired) electrons. The Morgan fingerprint density at radius 2 is 1.79 bits per heavy atom. The van der Waals surface area contributed by atoms with Gasteiger partial charge in [-0.05, 0) is 63.5 Å². The molecule has 0 aliphatic carbocycles. The van der Waals surface area contributed by atoms with Crippen LogP contribution in [-0.4, -0.2) is 63.3 Å². The molecule has 1 aliphatic rings. The molecule has 0 spiro atoms. The van der Waals surface area contributed by atoms with Gasteiger partial charge in [0.15, 0.2) is 8.32 Å². The van der Waals surface area contributed by atoms with Gasteiger partial charge in [0.05, 0.1) is 25.4 Å². The van der Waals surface area contributed by atoms with Gasteiger partial charge in [-0.1, -0.05) is 26.8 Å². The van der Waals surface area contributed by atoms with Gasteiger partial charge in [-0.3, -0.25) is 0 Å². The fourth-order valence-electron chi connectivity index (χ4n) is 3.51. The number of benzene rings is 1. The number of amides is 1. The molecule has 1 saturated heterocycles. The normalized spacial score (nSPS) is 19.4. The quantitative estimate of drug-likeness (QED) is 0.372. The number of methoxy groups -OCH3 is 1. The summed E-state index contributed by atoms with van der Waals surface area (Å²) in [6.07, 6.45) is 1.05. The molecule has 1 aromatic carbocycles. The number of hydrogen-bond donors (Lipinski definition) is 0. The van der Waals surface area contributed by atoms with Gasteiger partial charge < -0.3 is 23.5 Å². The molecule has 0 saturated carbocycles. The highest BCUT2D eigenvalue weighted by Gasteiger charge is 2.44. The zero-order valence-corrected chi connectivity index (χ0v) is 22.7. The summed E-state index contributed by atoms with van der Waals surface area (Å²) in [4.78, 5) is 26.5. The van der Waals surface area contributed by atoms with Crippen molar-refractivity contribution in [3.63, 3.8) is 0 Å². The van der Waals surface area contributed by atoms with Gasteiger partial charge in [-0.25, -0.2) is 9.59 Å². The zero-order chi connectivity index (χ0) is 25.0. The van der Waals surface area contributed by atoms with Gasteiger partial charge in [0.2, 0.25) is 0 Å². The molecular formula is C25H41NO6Si. The number of rotatable bonds is 7. The lowest BCUT2D eigenvalue weighted by molar-refractivity contribution is 0.0196. The minimum absolute atomic E-state index is 0.0222. The van der Waals surface area contributed by atoms with Gasteiger partial charge >= 0.3 is 12.1 Å². The van der Waals surface area contributed by atoms with Gasteiger partial charge in [0.1, 0.15) is 11.4 Å². The third-order valence-corrected chi connectivity index (χ3v) is 10.8. The van der Waals surface area contributed by atoms with Gasteiger partial charge in [-0.15, -0.1) is 0 Å². The summed E-state index contributed by atoms with van der Waals surface area (Å²) in [5.41, 5.74) is -0.126. The molecule has 0 N–H and O–H groups in total. The number of carbonyl (C=O) groups excluding carboxylic acids is 2. The summed E-state index contributed by atoms with van der Waals surface area (Å²) in [7, 11) is -0.619. The van der Waals surface area contributed by atoms with Crippen LogP contribution >= 0.6 is 0 Å². The lowest BCUT2D eigenvalue weighted by atomic mass is 10.1. The molecule has 1 amide bonds. The van der Waals surface area contributed by atoms with Crippen molar-refractivity contribution in [1.29, 1.82) is 0 Å². The largest absolute Gasteiger partial charge is 0.493 e. The van der Waals surface area contributed by atoms with Crippen LogP contribution in [0.25, 0.3) is 0 Å². The summed E-state index contributed by atoms with van der Waals surface area (Å²) in [6, 6.07) is 6.86. The Labute approximate surface area is 199 Å². The molecule has 1 heterocycles. The number of nitrogens with zero attached hydrogens (tertiary/aromatic N) is 1. The van der Waals surface area contributed by atoms with E-state index in [-0.39, 0.29) is 23.3 Å². The Morgan fingerprint density at radius 1 is 1.12 bits per heavy atom. The number of ether oxygens (including phenoxy) is 3. The average Bonchev–Trinajstić information content (AvgIpc) is 3.07. The Bertz CT molecular complexity index is 827. The molecule has 1 aliphatic heterocycles. The molecule has 0 unspecified atom stereocenters. The van der Waals surface area contributed by atoms with E-state index in [1.165, 1.54) is 7.11 Å². The van der Waals surface area contributed by atoms with Gasteiger partial charge in [-0.2, -0.15) is 0 Å². The molecule has 1 aromatic rings. The van der Waals surface area contributed by atoms with Crippen molar-refractivity contribution in [2.24, 2.45) is 0 Å². The van der Waals surface area contributed by atoms with E-state index in [0.29, 0.717) is 30.9 Å². The molecular weight excluding hydrogens is 438 g/mol. The third-order valence-electron chi connectivity index (χ3n) is 6.25. The van der Waals surface area contributed by atoms with Crippen LogP contribution in [0.15, 0.2) is 24.3 Å². The second-order valence-corrected chi connectivity index (χ2v) is 15.9. The first-order valence-electron chi connectivity index (χ1n) is 11.6. The van der Waals surface area contributed by atoms with Gasteiger partial charge in [0, 0.05) is 19.0 Å². The highest BCUT2D eigenvalue weighted by molar-refractivity contribution is 6.74. The lowest BCUT2D eigenvalue weighted by Gasteiger charge is -2.38. The van der Waals surface area contributed by atoms with Crippen molar-refractivity contribution in [3.05, 3.63) is 29.8 Å². The second-order valence-electron chi connectivity index (χ2n) is 11.2. The van der Waals surface area contributed by atoms with Crippen LogP contribution in [0.2, 0.25) is 18.1 Å². The van der Waals surface area contributed by atoms with Crippen molar-refractivity contribution in [2.75, 3.05) is 20.3 Å². The lowest BCUT2D eigenvalue weighted by Crippen LogP contribution is -2.45. The van der Waals surface area contributed by atoms with E-state index < -0.39 is 19.9 Å². The Balaban J connectivity index is 2.07.